The molecule has 0 spiro atoms. The predicted molar refractivity (Wildman–Crippen MR) is 130 cm³/mol. The number of carbonyl (C=O) groups is 2. The van der Waals surface area contributed by atoms with Gasteiger partial charge < -0.3 is 10.5 Å². The molecule has 0 aliphatic rings. The number of methoxy groups -OCH3 is 1. The SMILES string of the molecule is COC(=O)n1c(C)cc2cc(CN(Sc3ccc(Cl)cc3)[C@H](CC(C)C)C(N)=O)ccc21. The van der Waals surface area contributed by atoms with Gasteiger partial charge in [-0.15, -0.1) is 0 Å². The average molecular weight is 474 g/mol. The molecule has 3 rings (SSSR count). The Bertz CT molecular complexity index is 1110. The van der Waals surface area contributed by atoms with E-state index in [0.29, 0.717) is 23.9 Å². The summed E-state index contributed by atoms with van der Waals surface area (Å²) in [5.41, 5.74) is 8.40. The van der Waals surface area contributed by atoms with Crippen LogP contribution in [0.25, 0.3) is 10.9 Å². The first-order valence-electron chi connectivity index (χ1n) is 10.4. The van der Waals surface area contributed by atoms with Crippen LogP contribution in [0.2, 0.25) is 5.02 Å². The molecule has 2 aromatic carbocycles. The zero-order valence-corrected chi connectivity index (χ0v) is 20.2. The van der Waals surface area contributed by atoms with Crippen molar-refractivity contribution < 1.29 is 14.3 Å². The highest BCUT2D eigenvalue weighted by Crippen LogP contribution is 2.31. The summed E-state index contributed by atoms with van der Waals surface area (Å²) < 4.78 is 8.47. The maximum atomic E-state index is 12.4. The first-order chi connectivity index (χ1) is 15.2. The van der Waals surface area contributed by atoms with E-state index >= 15 is 0 Å². The average Bonchev–Trinajstić information content (AvgIpc) is 3.07. The Morgan fingerprint density at radius 3 is 2.44 bits per heavy atom. The van der Waals surface area contributed by atoms with Crippen LogP contribution in [0.4, 0.5) is 4.79 Å². The Kier molecular flexibility index (Phi) is 7.87. The number of fused-ring (bicyclic) bond motifs is 1. The Balaban J connectivity index is 1.95. The number of amides is 1. The third-order valence-electron chi connectivity index (χ3n) is 5.15. The van der Waals surface area contributed by atoms with Gasteiger partial charge in [0.05, 0.1) is 18.7 Å². The third kappa shape index (κ3) is 5.65. The quantitative estimate of drug-likeness (QED) is 0.429. The van der Waals surface area contributed by atoms with Gasteiger partial charge in [-0.1, -0.05) is 31.5 Å². The standard InChI is InChI=1S/C24H28ClN3O3S/c1-15(2)11-22(23(26)29)27(32-20-8-6-19(25)7-9-20)14-17-5-10-21-18(13-17)12-16(3)28(21)24(30)31-4/h5-10,12-13,15,22H,11,14H2,1-4H3,(H2,26,29)/t22-/m1/s1. The largest absolute Gasteiger partial charge is 0.452 e. The molecule has 0 aliphatic carbocycles. The molecule has 1 aromatic heterocycles. The predicted octanol–water partition coefficient (Wildman–Crippen LogP) is 5.63. The third-order valence-corrected chi connectivity index (χ3v) is 6.51. The van der Waals surface area contributed by atoms with Gasteiger partial charge in [0.15, 0.2) is 0 Å². The number of nitrogens with zero attached hydrogens (tertiary/aromatic N) is 2. The summed E-state index contributed by atoms with van der Waals surface area (Å²) in [6, 6.07) is 14.9. The summed E-state index contributed by atoms with van der Waals surface area (Å²) in [5.74, 6) is -0.0473. The molecule has 0 radical (unpaired) electrons. The van der Waals surface area contributed by atoms with E-state index in [2.05, 4.69) is 13.8 Å². The maximum Gasteiger partial charge on any atom is 0.418 e. The van der Waals surface area contributed by atoms with Crippen LogP contribution < -0.4 is 5.73 Å². The number of carbonyl (C=O) groups excluding carboxylic acids is 2. The minimum absolute atomic E-state index is 0.306. The molecular formula is C24H28ClN3O3S. The minimum Gasteiger partial charge on any atom is -0.452 e. The highest BCUT2D eigenvalue weighted by Gasteiger charge is 2.26. The number of halogens is 1. The number of aromatic nitrogens is 1. The smallest absolute Gasteiger partial charge is 0.418 e. The van der Waals surface area contributed by atoms with Crippen molar-refractivity contribution >= 4 is 46.5 Å². The zero-order chi connectivity index (χ0) is 23.4. The molecule has 0 unspecified atom stereocenters. The van der Waals surface area contributed by atoms with Crippen molar-refractivity contribution in [2.24, 2.45) is 11.7 Å². The van der Waals surface area contributed by atoms with E-state index in [1.807, 2.05) is 59.8 Å². The van der Waals surface area contributed by atoms with E-state index in [-0.39, 0.29) is 5.91 Å². The molecule has 0 saturated heterocycles. The van der Waals surface area contributed by atoms with Crippen LogP contribution in [0, 0.1) is 12.8 Å². The number of benzene rings is 2. The fourth-order valence-electron chi connectivity index (χ4n) is 3.67. The first-order valence-corrected chi connectivity index (χ1v) is 11.5. The summed E-state index contributed by atoms with van der Waals surface area (Å²) in [4.78, 5) is 25.5. The molecule has 170 valence electrons. The van der Waals surface area contributed by atoms with Crippen molar-refractivity contribution in [1.29, 1.82) is 0 Å². The van der Waals surface area contributed by atoms with Crippen LogP contribution in [0.3, 0.4) is 0 Å². The van der Waals surface area contributed by atoms with Crippen LogP contribution in [-0.2, 0) is 16.1 Å². The van der Waals surface area contributed by atoms with Crippen LogP contribution in [-0.4, -0.2) is 34.0 Å². The Morgan fingerprint density at radius 1 is 1.16 bits per heavy atom. The molecule has 1 atom stereocenters. The van der Waals surface area contributed by atoms with Gasteiger partial charge in [-0.05, 0) is 79.2 Å². The fraction of sp³-hybridized carbons (Fsp3) is 0.333. The van der Waals surface area contributed by atoms with Crippen molar-refractivity contribution in [3.8, 4) is 0 Å². The summed E-state index contributed by atoms with van der Waals surface area (Å²) in [6.45, 7) is 6.52. The molecule has 0 bridgehead atoms. The van der Waals surface area contributed by atoms with Gasteiger partial charge in [-0.25, -0.2) is 13.7 Å². The van der Waals surface area contributed by atoms with Gasteiger partial charge in [-0.3, -0.25) is 4.79 Å². The van der Waals surface area contributed by atoms with Crippen molar-refractivity contribution in [2.75, 3.05) is 7.11 Å². The molecule has 3 aromatic rings. The Hall–Kier alpha value is -2.48. The Morgan fingerprint density at radius 2 is 1.84 bits per heavy atom. The van der Waals surface area contributed by atoms with Gasteiger partial charge in [0.25, 0.3) is 0 Å². The summed E-state index contributed by atoms with van der Waals surface area (Å²) in [6.07, 6.45) is 0.228. The highest BCUT2D eigenvalue weighted by molar-refractivity contribution is 7.97. The lowest BCUT2D eigenvalue weighted by atomic mass is 10.0. The topological polar surface area (TPSA) is 77.6 Å². The second kappa shape index (κ2) is 10.4. The molecule has 32 heavy (non-hydrogen) atoms. The fourth-order valence-corrected chi connectivity index (χ4v) is 4.86. The number of aryl methyl sites for hydroxylation is 1. The van der Waals surface area contributed by atoms with E-state index in [0.717, 1.165) is 27.1 Å². The van der Waals surface area contributed by atoms with E-state index in [4.69, 9.17) is 22.1 Å². The first kappa shape index (κ1) is 24.2. The van der Waals surface area contributed by atoms with Gasteiger partial charge >= 0.3 is 6.09 Å². The number of ether oxygens (including phenoxy) is 1. The monoisotopic (exact) mass is 473 g/mol. The number of rotatable bonds is 8. The van der Waals surface area contributed by atoms with Gasteiger partial charge in [-0.2, -0.15) is 0 Å². The van der Waals surface area contributed by atoms with Crippen LogP contribution in [0.15, 0.2) is 53.4 Å². The van der Waals surface area contributed by atoms with E-state index < -0.39 is 12.1 Å². The van der Waals surface area contributed by atoms with Crippen molar-refractivity contribution in [3.05, 3.63) is 64.8 Å². The lowest BCUT2D eigenvalue weighted by Gasteiger charge is -2.29. The van der Waals surface area contributed by atoms with Crippen LogP contribution in [0.5, 0.6) is 0 Å². The van der Waals surface area contributed by atoms with Crippen molar-refractivity contribution in [2.45, 2.75) is 44.7 Å². The van der Waals surface area contributed by atoms with Gasteiger partial charge in [0, 0.05) is 27.5 Å². The van der Waals surface area contributed by atoms with Crippen LogP contribution in [0.1, 0.15) is 31.5 Å². The maximum absolute atomic E-state index is 12.4. The Labute approximate surface area is 197 Å². The number of hydrogen-bond acceptors (Lipinski definition) is 5. The molecule has 0 fully saturated rings. The van der Waals surface area contributed by atoms with Crippen LogP contribution >= 0.6 is 23.5 Å². The second-order valence-corrected chi connectivity index (χ2v) is 9.71. The van der Waals surface area contributed by atoms with Gasteiger partial charge in [0.1, 0.15) is 0 Å². The second-order valence-electron chi connectivity index (χ2n) is 8.15. The number of hydrogen-bond donors (Lipinski definition) is 1. The zero-order valence-electron chi connectivity index (χ0n) is 18.7. The summed E-state index contributed by atoms with van der Waals surface area (Å²) in [5, 5.41) is 1.59. The molecule has 1 heterocycles. The molecule has 1 amide bonds. The number of nitrogens with two attached hydrogens (primary N) is 1. The minimum atomic E-state index is -0.437. The molecule has 6 nitrogen and oxygen atoms in total. The molecule has 0 aliphatic heterocycles. The summed E-state index contributed by atoms with van der Waals surface area (Å²) >= 11 is 7.52. The number of primary amides is 1. The molecule has 8 heteroatoms. The highest BCUT2D eigenvalue weighted by atomic mass is 35.5. The van der Waals surface area contributed by atoms with E-state index in [9.17, 15) is 9.59 Å². The lowest BCUT2D eigenvalue weighted by molar-refractivity contribution is -0.122. The normalized spacial score (nSPS) is 12.5. The molecule has 2 N–H and O–H groups in total. The summed E-state index contributed by atoms with van der Waals surface area (Å²) in [7, 11) is 1.37. The molecular weight excluding hydrogens is 446 g/mol. The van der Waals surface area contributed by atoms with Gasteiger partial charge in [0.2, 0.25) is 5.91 Å². The van der Waals surface area contributed by atoms with E-state index in [1.54, 1.807) is 4.57 Å². The van der Waals surface area contributed by atoms with Crippen molar-refractivity contribution in [1.82, 2.24) is 8.87 Å². The molecule has 0 saturated carbocycles. The van der Waals surface area contributed by atoms with Crippen molar-refractivity contribution in [3.63, 3.8) is 0 Å². The lowest BCUT2D eigenvalue weighted by Crippen LogP contribution is -2.41. The van der Waals surface area contributed by atoms with E-state index in [1.165, 1.54) is 19.1 Å².